The third-order valence-electron chi connectivity index (χ3n) is 8.41. The van der Waals surface area contributed by atoms with Crippen LogP contribution in [0.2, 0.25) is 0 Å². The van der Waals surface area contributed by atoms with Gasteiger partial charge in [-0.1, -0.05) is 17.7 Å². The van der Waals surface area contributed by atoms with E-state index in [-0.39, 0.29) is 35.1 Å². The quantitative estimate of drug-likeness (QED) is 0.249. The molecule has 6 atom stereocenters. The minimum absolute atomic E-state index is 0.0615. The number of ether oxygens (including phenoxy) is 1. The summed E-state index contributed by atoms with van der Waals surface area (Å²) < 4.78 is 18.9. The van der Waals surface area contributed by atoms with Gasteiger partial charge in [0.2, 0.25) is 0 Å². The van der Waals surface area contributed by atoms with Gasteiger partial charge in [-0.15, -0.1) is 23.2 Å². The van der Waals surface area contributed by atoms with Crippen LogP contribution in [0, 0.1) is 23.6 Å². The van der Waals surface area contributed by atoms with E-state index < -0.39 is 62.9 Å². The van der Waals surface area contributed by atoms with Crippen LogP contribution in [0.4, 0.5) is 10.1 Å². The topological polar surface area (TPSA) is 124 Å². The van der Waals surface area contributed by atoms with Crippen molar-refractivity contribution in [2.75, 3.05) is 12.0 Å². The number of hydrogen-bond acceptors (Lipinski definition) is 7. The van der Waals surface area contributed by atoms with E-state index in [9.17, 15) is 33.9 Å². The van der Waals surface area contributed by atoms with Gasteiger partial charge in [-0.3, -0.25) is 24.4 Å². The second kappa shape index (κ2) is 8.51. The maximum Gasteiger partial charge on any atom is 0.258 e. The van der Waals surface area contributed by atoms with Gasteiger partial charge < -0.3 is 9.84 Å². The number of halogens is 3. The third-order valence-corrected chi connectivity index (χ3v) is 9.82. The first-order valence-electron chi connectivity index (χ1n) is 12.1. The Balaban J connectivity index is 1.58. The molecule has 0 radical (unpaired) electrons. The number of rotatable bonds is 3. The summed E-state index contributed by atoms with van der Waals surface area (Å²) in [5.74, 6) is -7.76. The van der Waals surface area contributed by atoms with E-state index in [1.54, 1.807) is 6.08 Å². The van der Waals surface area contributed by atoms with Crippen molar-refractivity contribution in [1.29, 1.82) is 0 Å². The molecule has 4 amide bonds. The van der Waals surface area contributed by atoms with Gasteiger partial charge in [0.05, 0.1) is 24.6 Å². The maximum atomic E-state index is 14.2. The van der Waals surface area contributed by atoms with Crippen LogP contribution < -0.4 is 9.64 Å². The lowest BCUT2D eigenvalue weighted by molar-refractivity contribution is -0.173. The molecule has 0 aromatic heterocycles. The van der Waals surface area contributed by atoms with Gasteiger partial charge in [-0.05, 0) is 60.7 Å². The summed E-state index contributed by atoms with van der Waals surface area (Å²) in [5.41, 5.74) is 0.944. The Bertz CT molecular complexity index is 1500. The molecule has 2 N–H and O–H groups in total. The summed E-state index contributed by atoms with van der Waals surface area (Å²) >= 11 is 14.4. The van der Waals surface area contributed by atoms with E-state index in [0.29, 0.717) is 11.1 Å². The third kappa shape index (κ3) is 3.22. The molecule has 0 spiro atoms. The number of hydroxylamine groups is 2. The number of phenols is 1. The average Bonchev–Trinajstić information content (AvgIpc) is 3.23. The number of carbonyl (C=O) groups is 4. The first-order valence-corrected chi connectivity index (χ1v) is 12.9. The molecule has 4 aliphatic rings. The first kappa shape index (κ1) is 25.8. The molecule has 2 aliphatic carbocycles. The largest absolute Gasteiger partial charge is 0.504 e. The van der Waals surface area contributed by atoms with Crippen LogP contribution in [0.3, 0.4) is 0 Å². The Kier molecular flexibility index (Phi) is 5.63. The van der Waals surface area contributed by atoms with E-state index in [1.807, 2.05) is 0 Å². The standard InChI is InChI=1S/C27H21Cl2FN2O7/c1-39-19-10-12(2-9-18(19)33)21-15-7-8-16-20(23(35)32(38)22(16)34)17(15)11-26(28)24(36)31(25(37)27(21,26)29)14-5-3-13(30)4-6-14/h2-7,9-10,16-17,20-21,33,38H,8,11H2,1H3. The van der Waals surface area contributed by atoms with Crippen LogP contribution in [0.1, 0.15) is 24.3 Å². The summed E-state index contributed by atoms with van der Waals surface area (Å²) in [7, 11) is 1.34. The molecule has 1 saturated carbocycles. The van der Waals surface area contributed by atoms with Crippen LogP contribution in [0.25, 0.3) is 0 Å². The highest BCUT2D eigenvalue weighted by atomic mass is 35.5. The number of imide groups is 2. The number of fused-ring (bicyclic) bond motifs is 4. The van der Waals surface area contributed by atoms with Crippen molar-refractivity contribution >= 4 is 52.5 Å². The zero-order chi connectivity index (χ0) is 28.0. The normalized spacial score (nSPS) is 33.6. The molecule has 39 heavy (non-hydrogen) atoms. The lowest BCUT2D eigenvalue weighted by Gasteiger charge is -2.50. The van der Waals surface area contributed by atoms with E-state index >= 15 is 0 Å². The monoisotopic (exact) mass is 574 g/mol. The predicted octanol–water partition coefficient (Wildman–Crippen LogP) is 3.49. The minimum Gasteiger partial charge on any atom is -0.504 e. The number of aromatic hydroxyl groups is 1. The van der Waals surface area contributed by atoms with Gasteiger partial charge >= 0.3 is 0 Å². The van der Waals surface area contributed by atoms with Gasteiger partial charge in [-0.25, -0.2) is 9.29 Å². The lowest BCUT2D eigenvalue weighted by Crippen LogP contribution is -2.60. The van der Waals surface area contributed by atoms with Gasteiger partial charge in [0.25, 0.3) is 23.6 Å². The Morgan fingerprint density at radius 1 is 1.00 bits per heavy atom. The molecule has 3 fully saturated rings. The summed E-state index contributed by atoms with van der Waals surface area (Å²) in [6.07, 6.45) is 1.53. The summed E-state index contributed by atoms with van der Waals surface area (Å²) in [6, 6.07) is 9.02. The van der Waals surface area contributed by atoms with Crippen LogP contribution in [0.5, 0.6) is 11.5 Å². The molecule has 12 heteroatoms. The van der Waals surface area contributed by atoms with Crippen LogP contribution in [0.15, 0.2) is 54.1 Å². The number of methoxy groups -OCH3 is 1. The number of anilines is 1. The minimum atomic E-state index is -2.11. The fourth-order valence-corrected chi connectivity index (χ4v) is 7.56. The zero-order valence-corrected chi connectivity index (χ0v) is 21.8. The molecule has 0 bridgehead atoms. The molecular weight excluding hydrogens is 554 g/mol. The Morgan fingerprint density at radius 2 is 1.69 bits per heavy atom. The predicted molar refractivity (Wildman–Crippen MR) is 135 cm³/mol. The highest BCUT2D eigenvalue weighted by molar-refractivity contribution is 6.58. The fourth-order valence-electron chi connectivity index (χ4n) is 6.63. The SMILES string of the molecule is COc1cc(C2C3=CCC4C(=O)N(O)C(=O)C4C3CC3(Cl)C(=O)N(c4ccc(F)cc4)C(=O)C23Cl)ccc1O. The van der Waals surface area contributed by atoms with E-state index in [2.05, 4.69) is 0 Å². The summed E-state index contributed by atoms with van der Waals surface area (Å²) in [4.78, 5) is 50.4. The van der Waals surface area contributed by atoms with Crippen molar-refractivity contribution in [3.8, 4) is 11.5 Å². The van der Waals surface area contributed by atoms with Crippen molar-refractivity contribution in [3.05, 3.63) is 65.5 Å². The van der Waals surface area contributed by atoms with Crippen molar-refractivity contribution in [2.45, 2.75) is 28.5 Å². The average molecular weight is 575 g/mol. The second-order valence-corrected chi connectivity index (χ2v) is 11.4. The fraction of sp³-hybridized carbons (Fsp3) is 0.333. The summed E-state index contributed by atoms with van der Waals surface area (Å²) in [5, 5.41) is 20.4. The van der Waals surface area contributed by atoms with Crippen LogP contribution in [-0.2, 0) is 19.2 Å². The number of allylic oxidation sites excluding steroid dienone is 2. The van der Waals surface area contributed by atoms with Crippen molar-refractivity contribution in [2.24, 2.45) is 17.8 Å². The first-order chi connectivity index (χ1) is 18.5. The second-order valence-electron chi connectivity index (χ2n) is 10.2. The Morgan fingerprint density at radius 3 is 2.36 bits per heavy atom. The Hall–Kier alpha value is -3.47. The molecule has 2 heterocycles. The molecule has 2 saturated heterocycles. The molecule has 6 rings (SSSR count). The molecule has 2 aromatic rings. The van der Waals surface area contributed by atoms with E-state index in [0.717, 1.165) is 17.0 Å². The number of carbonyl (C=O) groups excluding carboxylic acids is 4. The van der Waals surface area contributed by atoms with Gasteiger partial charge in [-0.2, -0.15) is 5.06 Å². The number of nitrogens with zero attached hydrogens (tertiary/aromatic N) is 2. The highest BCUT2D eigenvalue weighted by Crippen LogP contribution is 2.66. The van der Waals surface area contributed by atoms with E-state index in [4.69, 9.17) is 27.9 Å². The van der Waals surface area contributed by atoms with Crippen LogP contribution >= 0.6 is 23.2 Å². The summed E-state index contributed by atoms with van der Waals surface area (Å²) in [6.45, 7) is 0. The lowest BCUT2D eigenvalue weighted by atomic mass is 9.56. The van der Waals surface area contributed by atoms with Crippen molar-refractivity contribution < 1.29 is 38.6 Å². The van der Waals surface area contributed by atoms with Crippen molar-refractivity contribution in [1.82, 2.24) is 5.06 Å². The highest BCUT2D eigenvalue weighted by Gasteiger charge is 2.76. The van der Waals surface area contributed by atoms with E-state index in [1.165, 1.54) is 37.4 Å². The molecular formula is C27H21Cl2FN2O7. The number of alkyl halides is 2. The molecule has 202 valence electrons. The number of phenolic OH excluding ortho intramolecular Hbond substituents is 1. The molecule has 6 unspecified atom stereocenters. The zero-order valence-electron chi connectivity index (χ0n) is 20.3. The maximum absolute atomic E-state index is 14.2. The molecule has 2 aromatic carbocycles. The van der Waals surface area contributed by atoms with Gasteiger partial charge in [0.1, 0.15) is 5.82 Å². The number of hydrogen-bond donors (Lipinski definition) is 2. The molecule has 2 aliphatic heterocycles. The number of benzene rings is 2. The molecule has 9 nitrogen and oxygen atoms in total. The van der Waals surface area contributed by atoms with Gasteiger partial charge in [0, 0.05) is 5.92 Å². The van der Waals surface area contributed by atoms with Crippen LogP contribution in [-0.4, -0.2) is 55.9 Å². The number of amides is 4. The Labute approximate surface area is 231 Å². The smallest absolute Gasteiger partial charge is 0.258 e. The van der Waals surface area contributed by atoms with Gasteiger partial charge in [0.15, 0.2) is 21.2 Å². The van der Waals surface area contributed by atoms with Crippen molar-refractivity contribution in [3.63, 3.8) is 0 Å².